The van der Waals surface area contributed by atoms with E-state index in [4.69, 9.17) is 23.5 Å². The van der Waals surface area contributed by atoms with Crippen LogP contribution in [0.4, 0.5) is 34.5 Å². The number of nitrogens with zero attached hydrogens (tertiary/aromatic N) is 12. The summed E-state index contributed by atoms with van der Waals surface area (Å²) in [6.07, 6.45) is 10.9. The number of fused-ring (bicyclic) bond motifs is 6. The van der Waals surface area contributed by atoms with Crippen molar-refractivity contribution in [2.24, 2.45) is 26.6 Å². The molecule has 4 aliphatic heterocycles. The van der Waals surface area contributed by atoms with Crippen molar-refractivity contribution in [3.05, 3.63) is 152 Å². The number of pyridine rings is 4. The van der Waals surface area contributed by atoms with Crippen LogP contribution in [-0.2, 0) is 97.0 Å². The van der Waals surface area contributed by atoms with Gasteiger partial charge in [0.2, 0.25) is 0 Å². The highest BCUT2D eigenvalue weighted by Crippen LogP contribution is 2.44. The Morgan fingerprint density at radius 2 is 1.08 bits per heavy atom. The Kier molecular flexibility index (Phi) is 16.6. The van der Waals surface area contributed by atoms with E-state index in [2.05, 4.69) is 71.1 Å². The van der Waals surface area contributed by atoms with E-state index in [1.807, 2.05) is 101 Å². The van der Waals surface area contributed by atoms with Gasteiger partial charge in [-0.05, 0) is 139 Å². The molecule has 0 amide bonds. The zero-order chi connectivity index (χ0) is 66.6. The predicted octanol–water partition coefficient (Wildman–Crippen LogP) is 8.72. The molecule has 0 spiro atoms. The van der Waals surface area contributed by atoms with E-state index < -0.39 is 18.3 Å². The summed E-state index contributed by atoms with van der Waals surface area (Å²) >= 11 is 4.89. The highest BCUT2D eigenvalue weighted by molar-refractivity contribution is 9.10. The fourth-order valence-electron chi connectivity index (χ4n) is 11.9. The van der Waals surface area contributed by atoms with Crippen LogP contribution < -0.4 is 43.7 Å². The predicted molar refractivity (Wildman–Crippen MR) is 360 cm³/mol. The maximum absolute atomic E-state index is 13.7. The lowest BCUT2D eigenvalue weighted by atomic mass is 9.80. The number of aldehydes is 1. The summed E-state index contributed by atoms with van der Waals surface area (Å²) in [7, 11) is 4.53. The van der Waals surface area contributed by atoms with Gasteiger partial charge in [0.15, 0.2) is 29.6 Å². The monoisotopic (exact) mass is 1350 g/mol. The molecule has 0 radical (unpaired) electrons. The van der Waals surface area contributed by atoms with Crippen LogP contribution in [0.25, 0.3) is 27.0 Å². The number of hydrogen-bond acceptors (Lipinski definition) is 19. The molecule has 488 valence electrons. The summed E-state index contributed by atoms with van der Waals surface area (Å²) in [6, 6.07) is 12.6. The van der Waals surface area contributed by atoms with Gasteiger partial charge in [0.25, 0.3) is 22.2 Å². The third kappa shape index (κ3) is 13.1. The molecule has 0 unspecified atom stereocenters. The van der Waals surface area contributed by atoms with Crippen molar-refractivity contribution in [3.8, 4) is 16.9 Å². The Balaban J connectivity index is 0.000000144. The SMILES string of the molecule is Cn1cc(-c2ccnc(-n3ncc4c5c(sc4c3=O)CC(C)(C)C5)c2C=O)cc(Nc2cc3n(n2)CC(C)(C)OC3)c1=O.Cn1cc(B2OC(C)(C)C(C)(C)O2)cc(Nc2cc3n(n2)CC(C)(C)OC3)c1=O.Cn1cc(Br)cc(Nc2cc3n(n2)CC(C)(C)OC3)c1=O. The second-order valence-corrected chi connectivity index (χ2v) is 30.2. The van der Waals surface area contributed by atoms with E-state index >= 15 is 0 Å². The summed E-state index contributed by atoms with van der Waals surface area (Å²) in [4.78, 5) is 69.8. The molecule has 13 heterocycles. The van der Waals surface area contributed by atoms with Crippen molar-refractivity contribution in [3.63, 3.8) is 0 Å². The summed E-state index contributed by atoms with van der Waals surface area (Å²) < 4.78 is 42.6. The smallest absolute Gasteiger partial charge is 0.399 e. The van der Waals surface area contributed by atoms with Gasteiger partial charge in [0.05, 0.1) is 96.3 Å². The quantitative estimate of drug-likeness (QED) is 0.0853. The van der Waals surface area contributed by atoms with E-state index in [-0.39, 0.29) is 55.8 Å². The molecule has 0 aromatic carbocycles. The number of halogens is 1. The second kappa shape index (κ2) is 23.7. The van der Waals surface area contributed by atoms with Gasteiger partial charge in [-0.2, -0.15) is 25.1 Å². The largest absolute Gasteiger partial charge is 0.496 e. The van der Waals surface area contributed by atoms with Crippen LogP contribution in [0.2, 0.25) is 0 Å². The summed E-state index contributed by atoms with van der Waals surface area (Å²) in [6.45, 7) is 28.0. The van der Waals surface area contributed by atoms with Crippen molar-refractivity contribution in [2.75, 3.05) is 16.0 Å². The van der Waals surface area contributed by atoms with E-state index in [0.717, 1.165) is 45.2 Å². The topological polar surface area (TPSA) is 267 Å². The average Bonchev–Trinajstić information content (AvgIpc) is 1.64. The molecule has 0 atom stereocenters. The van der Waals surface area contributed by atoms with Gasteiger partial charge < -0.3 is 53.2 Å². The molecular weight excluding hydrogens is 1270 g/mol. The van der Waals surface area contributed by atoms with Crippen LogP contribution in [-0.4, -0.2) is 99.2 Å². The number of anilines is 6. The van der Waals surface area contributed by atoms with Crippen LogP contribution in [0.1, 0.15) is 121 Å². The summed E-state index contributed by atoms with van der Waals surface area (Å²) in [5.74, 6) is 1.93. The number of rotatable bonds is 10. The molecule has 9 aromatic rings. The van der Waals surface area contributed by atoms with Crippen LogP contribution in [0.5, 0.6) is 0 Å². The van der Waals surface area contributed by atoms with Crippen molar-refractivity contribution in [2.45, 2.75) is 163 Å². The van der Waals surface area contributed by atoms with Gasteiger partial charge in [-0.3, -0.25) is 38.0 Å². The maximum Gasteiger partial charge on any atom is 0.496 e. The molecule has 0 bridgehead atoms. The van der Waals surface area contributed by atoms with Gasteiger partial charge in [-0.25, -0.2) is 4.98 Å². The molecular formula is C65H77BBrN15O10S. The molecule has 25 nitrogen and oxygen atoms in total. The van der Waals surface area contributed by atoms with Gasteiger partial charge >= 0.3 is 7.12 Å². The first-order valence-corrected chi connectivity index (χ1v) is 32.3. The normalized spacial score (nSPS) is 18.3. The van der Waals surface area contributed by atoms with Crippen molar-refractivity contribution < 1.29 is 28.3 Å². The molecule has 14 rings (SSSR count). The fraction of sp³-hybridized carbons (Fsp3) is 0.446. The van der Waals surface area contributed by atoms with Gasteiger partial charge in [0, 0.05) is 89.9 Å². The number of ether oxygens (including phenoxy) is 3. The molecule has 3 N–H and O–H groups in total. The van der Waals surface area contributed by atoms with Crippen LogP contribution in [0, 0.1) is 5.41 Å². The Hall–Kier alpha value is -8.12. The first-order chi connectivity index (χ1) is 43.6. The third-order valence-corrected chi connectivity index (χ3v) is 19.2. The van der Waals surface area contributed by atoms with Gasteiger partial charge in [-0.1, -0.05) is 13.8 Å². The molecule has 93 heavy (non-hydrogen) atoms. The van der Waals surface area contributed by atoms with Gasteiger partial charge in [-0.15, -0.1) is 11.3 Å². The Morgan fingerprint density at radius 3 is 1.58 bits per heavy atom. The molecule has 5 aliphatic rings. The van der Waals surface area contributed by atoms with Crippen molar-refractivity contribution >= 4 is 90.7 Å². The number of hydrogen-bond donors (Lipinski definition) is 3. The minimum absolute atomic E-state index is 0.0965. The van der Waals surface area contributed by atoms with Crippen LogP contribution in [0.3, 0.4) is 0 Å². The molecule has 28 heteroatoms. The average molecular weight is 1350 g/mol. The van der Waals surface area contributed by atoms with E-state index in [0.29, 0.717) is 96.1 Å². The highest BCUT2D eigenvalue weighted by Gasteiger charge is 2.52. The molecule has 0 saturated carbocycles. The van der Waals surface area contributed by atoms with E-state index in [9.17, 15) is 24.0 Å². The number of aromatic nitrogens is 12. The van der Waals surface area contributed by atoms with Crippen LogP contribution >= 0.6 is 27.3 Å². The third-order valence-electron chi connectivity index (χ3n) is 17.6. The Labute approximate surface area is 549 Å². The number of thiophene rings is 1. The molecule has 9 aromatic heterocycles. The van der Waals surface area contributed by atoms with Crippen molar-refractivity contribution in [1.29, 1.82) is 0 Å². The highest BCUT2D eigenvalue weighted by atomic mass is 79.9. The Bertz CT molecular complexity index is 4700. The molecule has 1 fully saturated rings. The maximum atomic E-state index is 13.7. The summed E-state index contributed by atoms with van der Waals surface area (Å²) in [5, 5.41) is 28.5. The minimum Gasteiger partial charge on any atom is -0.399 e. The minimum atomic E-state index is -0.545. The van der Waals surface area contributed by atoms with Crippen LogP contribution in [0.15, 0.2) is 97.1 Å². The lowest BCUT2D eigenvalue weighted by Gasteiger charge is -2.32. The lowest BCUT2D eigenvalue weighted by molar-refractivity contribution is -0.0662. The second-order valence-electron chi connectivity index (χ2n) is 28.1. The lowest BCUT2D eigenvalue weighted by Crippen LogP contribution is -2.41. The number of aryl methyl sites for hydroxylation is 3. The molecule has 1 aliphatic carbocycles. The Morgan fingerprint density at radius 1 is 0.602 bits per heavy atom. The molecule has 1 saturated heterocycles. The summed E-state index contributed by atoms with van der Waals surface area (Å²) in [5.41, 5.74) is 5.02. The number of carbonyl (C=O) groups is 1. The van der Waals surface area contributed by atoms with E-state index in [1.165, 1.54) is 46.4 Å². The zero-order valence-corrected chi connectivity index (χ0v) is 57.4. The fourth-order valence-corrected chi connectivity index (χ4v) is 14.0. The standard InChI is InChI=1S/C31H31N7O4S.C20H29BN4O4.C14H17BrN4O2/c1-30(2)10-20-21-12-33-38(29(41)26(21)43-24(20)11-30)27-22(14-39)19(6-7-32-27)17-8-23(28(40)36(5)13-17)34-25-9-18-15-42-31(3,4)16-37(18)35-25;1-18(2)12-25-14(11-27-18)9-16(23-25)22-15-8-13(10-24(7)17(15)26)21-28-19(3,4)20(5,6)29-21;1-14(2)8-19-10(7-21-14)5-12(17-19)16-11-4-9(15)6-18(3)13(11)20/h6-9,12-14H,10-11,15-16H2,1-5H3,(H,34,35);8-10H,11-12H2,1-7H3,(H,22,23);4-6H,7-8H2,1-3H3,(H,16,17). The first-order valence-electron chi connectivity index (χ1n) is 30.7. The van der Waals surface area contributed by atoms with E-state index in [1.54, 1.807) is 70.2 Å². The first kappa shape index (κ1) is 65.0. The van der Waals surface area contributed by atoms with Crippen molar-refractivity contribution in [1.82, 2.24) is 57.8 Å². The number of nitrogens with one attached hydrogen (secondary N) is 3. The van der Waals surface area contributed by atoms with Gasteiger partial charge in [0.1, 0.15) is 21.8 Å². The number of carbonyl (C=O) groups excluding carboxylic acids is 1. The zero-order valence-electron chi connectivity index (χ0n) is 55.0.